The van der Waals surface area contributed by atoms with Crippen LogP contribution in [0.4, 0.5) is 0 Å². The van der Waals surface area contributed by atoms with Gasteiger partial charge >= 0.3 is 76.2 Å². The van der Waals surface area contributed by atoms with Gasteiger partial charge in [-0.25, -0.2) is 0 Å². The first-order valence-corrected chi connectivity index (χ1v) is 27.3. The molecular weight excluding hydrogens is 931 g/mol. The van der Waals surface area contributed by atoms with Gasteiger partial charge in [-0.15, -0.1) is 0 Å². The summed E-state index contributed by atoms with van der Waals surface area (Å²) in [6.07, 6.45) is 43.1. The fraction of sp³-hybridized carbons (Fsp3) is 0.792. The Morgan fingerprint density at radius 2 is 0.971 bits per heavy atom. The second-order valence-corrected chi connectivity index (χ2v) is 19.0. The molecule has 0 bridgehead atoms. The number of nitrogens with zero attached hydrogens (tertiary/aromatic N) is 1. The number of allylic oxidation sites excluding steroid dienone is 4. The molecule has 1 saturated heterocycles. The van der Waals surface area contributed by atoms with Crippen molar-refractivity contribution in [1.29, 1.82) is 0 Å². The molecule has 69 heavy (non-hydrogen) atoms. The number of aliphatic hydroxyl groups excluding tert-OH is 1. The maximum absolute atomic E-state index is 12.1. The number of aliphatic hydroxyl groups is 1. The summed E-state index contributed by atoms with van der Waals surface area (Å²) in [6.45, 7) is 3.28. The van der Waals surface area contributed by atoms with Gasteiger partial charge in [-0.1, -0.05) is 147 Å². The van der Waals surface area contributed by atoms with Crippen molar-refractivity contribution in [1.82, 2.24) is 4.90 Å². The van der Waals surface area contributed by atoms with E-state index in [4.69, 9.17) is 30.5 Å². The van der Waals surface area contributed by atoms with Gasteiger partial charge in [0.05, 0.1) is 19.7 Å². The maximum atomic E-state index is 12.1. The molecule has 1 heterocycles. The molecule has 0 aliphatic carbocycles. The van der Waals surface area contributed by atoms with Gasteiger partial charge in [0.25, 0.3) is 0 Å². The van der Waals surface area contributed by atoms with Crippen molar-refractivity contribution in [2.45, 2.75) is 238 Å². The van der Waals surface area contributed by atoms with E-state index in [1.807, 2.05) is 0 Å². The van der Waals surface area contributed by atoms with Crippen LogP contribution in [0.1, 0.15) is 226 Å². The number of aliphatic carboxylic acids is 3. The number of carbonyl (C=O) groups is 7. The summed E-state index contributed by atoms with van der Waals surface area (Å²) >= 11 is 0.681. The minimum atomic E-state index is -1.26. The fourth-order valence-electron chi connectivity index (χ4n) is 7.23. The Morgan fingerprint density at radius 3 is 1.32 bits per heavy atom. The third-order valence-electron chi connectivity index (χ3n) is 11.2. The summed E-state index contributed by atoms with van der Waals surface area (Å²) < 4.78 is 10.7. The van der Waals surface area contributed by atoms with E-state index in [2.05, 4.69) is 38.2 Å². The number of carboxylic acid groups (broad SMARTS) is 3. The summed E-state index contributed by atoms with van der Waals surface area (Å²) in [5.41, 5.74) is 5.28. The van der Waals surface area contributed by atoms with Crippen LogP contribution in [-0.2, 0) is 57.5 Å². The Kier molecular flexibility index (Phi) is 49.9. The normalized spacial score (nSPS) is 13.3. The Hall–Kier alpha value is -3.46. The third-order valence-corrected chi connectivity index (χ3v) is 12.3. The summed E-state index contributed by atoms with van der Waals surface area (Å²) in [5.74, 6) is -4.36. The number of unbranched alkanes of at least 4 members (excludes halogenated alkanes) is 23. The topological polar surface area (TPSA) is 248 Å². The van der Waals surface area contributed by atoms with E-state index >= 15 is 0 Å². The first kappa shape index (κ1) is 67.6. The zero-order chi connectivity index (χ0) is 51.6. The van der Waals surface area contributed by atoms with Crippen LogP contribution < -0.4 is 5.73 Å². The van der Waals surface area contributed by atoms with Gasteiger partial charge < -0.3 is 35.6 Å². The molecule has 0 aromatic carbocycles. The van der Waals surface area contributed by atoms with E-state index in [1.54, 1.807) is 0 Å². The van der Waals surface area contributed by atoms with Gasteiger partial charge in [-0.3, -0.25) is 28.9 Å². The van der Waals surface area contributed by atoms with E-state index in [9.17, 15) is 38.7 Å². The van der Waals surface area contributed by atoms with Crippen molar-refractivity contribution in [3.63, 3.8) is 0 Å². The number of carbonyl (C=O) groups excluding carboxylic acids is 4. The molecule has 1 rings (SSSR count). The molecule has 1 aliphatic rings. The van der Waals surface area contributed by atoms with Crippen molar-refractivity contribution < 1.29 is 77.9 Å². The van der Waals surface area contributed by atoms with E-state index in [0.717, 1.165) is 56.3 Å². The van der Waals surface area contributed by atoms with Gasteiger partial charge in [-0.2, -0.15) is 0 Å². The van der Waals surface area contributed by atoms with Gasteiger partial charge in [0.2, 0.25) is 0 Å². The predicted molar refractivity (Wildman–Crippen MR) is 267 cm³/mol. The summed E-state index contributed by atoms with van der Waals surface area (Å²) in [7, 11) is 0. The van der Waals surface area contributed by atoms with Crippen molar-refractivity contribution >= 4 is 39.4 Å². The van der Waals surface area contributed by atoms with Crippen LogP contribution in [0.3, 0.4) is 0 Å². The Labute approximate surface area is 421 Å². The van der Waals surface area contributed by atoms with E-state index in [1.165, 1.54) is 116 Å². The van der Waals surface area contributed by atoms with Crippen LogP contribution >= 0.6 is 0 Å². The SMILES string of the molecule is CCCCCCCC/C=C\CCCCCCCC(=O)OC[C@H](CO)OC(=O)CCCCCCC/C=C\CCCCCCCC.NCCCCC(C(=O)O)N(CC(=O)O)CC(=O)O.O=[C]1CC[C](=O)[Ni]1. The number of carboxylic acids is 3. The molecule has 0 amide bonds. The monoisotopic (exact) mass is 1020 g/mol. The molecule has 0 aromatic rings. The molecule has 6 N–H and O–H groups in total. The molecule has 0 spiro atoms. The summed E-state index contributed by atoms with van der Waals surface area (Å²) in [5, 5.41) is 35.8. The number of hydrogen-bond donors (Lipinski definition) is 5. The van der Waals surface area contributed by atoms with Crippen molar-refractivity contribution in [2.24, 2.45) is 5.73 Å². The van der Waals surface area contributed by atoms with E-state index in [0.29, 0.717) is 59.5 Å². The molecule has 2 atom stereocenters. The van der Waals surface area contributed by atoms with Crippen LogP contribution in [0.25, 0.3) is 0 Å². The van der Waals surface area contributed by atoms with Gasteiger partial charge in [0.1, 0.15) is 12.6 Å². The fourth-order valence-corrected chi connectivity index (χ4v) is 8.03. The molecule has 0 aromatic heterocycles. The Bertz CT molecular complexity index is 1360. The van der Waals surface area contributed by atoms with Crippen LogP contribution in [0.2, 0.25) is 0 Å². The van der Waals surface area contributed by atoms with E-state index < -0.39 is 43.1 Å². The molecule has 1 fully saturated rings. The number of rotatable bonds is 44. The van der Waals surface area contributed by atoms with Gasteiger partial charge in [0.15, 0.2) is 6.10 Å². The molecule has 16 heteroatoms. The average Bonchev–Trinajstić information content (AvgIpc) is 3.70. The Morgan fingerprint density at radius 1 is 0.580 bits per heavy atom. The quantitative estimate of drug-likeness (QED) is 0.0165. The molecule has 15 nitrogen and oxygen atoms in total. The minimum absolute atomic E-state index is 0.0394. The summed E-state index contributed by atoms with van der Waals surface area (Å²) in [6, 6.07) is -1.12. The predicted octanol–water partition coefficient (Wildman–Crippen LogP) is 10.5. The van der Waals surface area contributed by atoms with E-state index in [-0.39, 0.29) is 41.1 Å². The first-order valence-electron chi connectivity index (χ1n) is 26.3. The second-order valence-electron chi connectivity index (χ2n) is 17.7. The van der Waals surface area contributed by atoms with Gasteiger partial charge in [0, 0.05) is 12.8 Å². The van der Waals surface area contributed by atoms with Crippen molar-refractivity contribution in [3.8, 4) is 0 Å². The second kappa shape index (κ2) is 50.9. The molecule has 1 aliphatic heterocycles. The standard InChI is InChI=1S/C39H72O5.C10H18N2O6.C4H4O2.Ni/c1-3-5-7-9-11-13-15-17-19-21-23-25-27-29-31-33-38(41)43-36-37(35-40)44-39(42)34-32-30-28-26-24-22-20-18-16-14-12-10-8-6-4-2;11-4-2-1-3-7(10(17)18)12(5-8(13)14)6-9(15)16;5-3-1-2-4-6;/h17-20,37,40H,3-16,21-36H2,1-2H3;7H,1-6,11H2,(H,13,14)(H,15,16)(H,17,18);1-2H2;/b19-17-,20-18-;;;/t37-;;;/m0.../s1. The first-order chi connectivity index (χ1) is 33.3. The average molecular weight is 1030 g/mol. The number of esters is 2. The number of hydrogen-bond acceptors (Lipinski definition) is 12. The zero-order valence-corrected chi connectivity index (χ0v) is 43.6. The van der Waals surface area contributed by atoms with Crippen LogP contribution in [0, 0.1) is 0 Å². The number of ether oxygens (including phenoxy) is 2. The zero-order valence-electron chi connectivity index (χ0n) is 42.6. The van der Waals surface area contributed by atoms with Crippen LogP contribution in [0.5, 0.6) is 0 Å². The van der Waals surface area contributed by atoms with Crippen molar-refractivity contribution in [3.05, 3.63) is 24.3 Å². The molecule has 404 valence electrons. The molecule has 0 saturated carbocycles. The third kappa shape index (κ3) is 49.3. The van der Waals surface area contributed by atoms with Gasteiger partial charge in [-0.05, 0) is 83.6 Å². The Balaban J connectivity index is 0. The van der Waals surface area contributed by atoms with Crippen LogP contribution in [-0.4, -0.2) is 110 Å². The summed E-state index contributed by atoms with van der Waals surface area (Å²) in [4.78, 5) is 77.8. The molecule has 1 unspecified atom stereocenters. The molecule has 0 radical (unpaired) electrons. The van der Waals surface area contributed by atoms with Crippen LogP contribution in [0.15, 0.2) is 24.3 Å². The molecular formula is C53H94N2NiO13. The van der Waals surface area contributed by atoms with Crippen molar-refractivity contribution in [2.75, 3.05) is 32.8 Å². The number of nitrogens with two attached hydrogens (primary N) is 1.